The van der Waals surface area contributed by atoms with Crippen molar-refractivity contribution in [1.82, 2.24) is 0 Å². The van der Waals surface area contributed by atoms with Gasteiger partial charge in [-0.2, -0.15) is 0 Å². The van der Waals surface area contributed by atoms with Gasteiger partial charge >= 0.3 is 0 Å². The van der Waals surface area contributed by atoms with E-state index in [-0.39, 0.29) is 0 Å². The highest BCUT2D eigenvalue weighted by atomic mass is 14.5. The minimum atomic E-state index is 0.540. The zero-order valence-corrected chi connectivity index (χ0v) is 25.4. The predicted molar refractivity (Wildman–Crippen MR) is 180 cm³/mol. The number of fused-ring (bicyclic) bond motifs is 2. The van der Waals surface area contributed by atoms with Crippen LogP contribution < -0.4 is 0 Å². The molecule has 0 aromatic heterocycles. The van der Waals surface area contributed by atoms with Gasteiger partial charge < -0.3 is 0 Å². The Labute approximate surface area is 253 Å². The van der Waals surface area contributed by atoms with E-state index in [0.717, 1.165) is 0 Å². The van der Waals surface area contributed by atoms with Crippen LogP contribution in [0, 0.1) is 11.8 Å². The highest BCUT2D eigenvalue weighted by molar-refractivity contribution is 5.83. The summed E-state index contributed by atoms with van der Waals surface area (Å²) in [6.07, 6.45) is 15.4. The van der Waals surface area contributed by atoms with Crippen LogP contribution in [0.4, 0.5) is 0 Å². The fourth-order valence-corrected chi connectivity index (χ4v) is 8.78. The zero-order valence-electron chi connectivity index (χ0n) is 25.4. The first-order chi connectivity index (χ1) is 20.8. The summed E-state index contributed by atoms with van der Waals surface area (Å²) in [6, 6.07) is 36.4. The molecule has 0 nitrogen and oxygen atoms in total. The average molecular weight is 549 g/mol. The smallest absolute Gasteiger partial charge is 0.00889 e. The summed E-state index contributed by atoms with van der Waals surface area (Å²) < 4.78 is 0. The van der Waals surface area contributed by atoms with Crippen molar-refractivity contribution in [1.29, 1.82) is 0 Å². The van der Waals surface area contributed by atoms with Crippen molar-refractivity contribution in [2.45, 2.75) is 77.0 Å². The SMILES string of the molecule is CCCC1=Cc2c(-c3ccccc3)cccc2C1C1CCCCC1C1C(CCC)=Cc2c(-c3ccccc3)cccc21. The normalized spacial score (nSPS) is 22.8. The maximum absolute atomic E-state index is 2.61. The van der Waals surface area contributed by atoms with Crippen LogP contribution in [-0.2, 0) is 0 Å². The lowest BCUT2D eigenvalue weighted by molar-refractivity contribution is 0.192. The highest BCUT2D eigenvalue weighted by Crippen LogP contribution is 2.58. The van der Waals surface area contributed by atoms with Gasteiger partial charge in [-0.05, 0) is 82.0 Å². The molecule has 4 atom stereocenters. The van der Waals surface area contributed by atoms with E-state index in [2.05, 4.69) is 123 Å². The molecule has 0 heterocycles. The highest BCUT2D eigenvalue weighted by Gasteiger charge is 2.44. The van der Waals surface area contributed by atoms with E-state index < -0.39 is 0 Å². The van der Waals surface area contributed by atoms with Gasteiger partial charge in [0.1, 0.15) is 0 Å². The van der Waals surface area contributed by atoms with Crippen molar-refractivity contribution in [3.05, 3.63) is 130 Å². The average Bonchev–Trinajstić information content (AvgIpc) is 3.60. The predicted octanol–water partition coefficient (Wildman–Crippen LogP) is 12.1. The molecule has 0 heteroatoms. The summed E-state index contributed by atoms with van der Waals surface area (Å²) in [5.41, 5.74) is 15.0. The first-order valence-electron chi connectivity index (χ1n) is 16.6. The second-order valence-electron chi connectivity index (χ2n) is 12.9. The molecule has 1 saturated carbocycles. The van der Waals surface area contributed by atoms with Gasteiger partial charge in [-0.1, -0.05) is 160 Å². The van der Waals surface area contributed by atoms with E-state index in [1.807, 2.05) is 0 Å². The molecule has 4 unspecified atom stereocenters. The van der Waals surface area contributed by atoms with Crippen molar-refractivity contribution >= 4 is 12.2 Å². The van der Waals surface area contributed by atoms with Crippen LogP contribution in [0.1, 0.15) is 99.3 Å². The van der Waals surface area contributed by atoms with Crippen LogP contribution in [0.3, 0.4) is 0 Å². The van der Waals surface area contributed by atoms with Gasteiger partial charge in [-0.25, -0.2) is 0 Å². The first-order valence-corrected chi connectivity index (χ1v) is 16.6. The second-order valence-corrected chi connectivity index (χ2v) is 12.9. The third-order valence-corrected chi connectivity index (χ3v) is 10.4. The Morgan fingerprint density at radius 3 is 1.33 bits per heavy atom. The van der Waals surface area contributed by atoms with Crippen molar-refractivity contribution in [2.75, 3.05) is 0 Å². The first kappa shape index (κ1) is 27.2. The monoisotopic (exact) mass is 548 g/mol. The standard InChI is InChI=1S/C42H44/c1-3-15-31-27-39-33(29-17-7-5-8-18-29)23-13-25-37(39)41(31)35-21-11-12-22-36(35)42-32(16-4-2)28-40-34(24-14-26-38(40)42)30-19-9-6-10-20-30/h5-10,13-14,17-20,23-28,35-36,41-42H,3-4,11-12,15-16,21-22H2,1-2H3. The molecule has 1 fully saturated rings. The van der Waals surface area contributed by atoms with Crippen LogP contribution in [-0.4, -0.2) is 0 Å². The lowest BCUT2D eigenvalue weighted by Crippen LogP contribution is -2.31. The van der Waals surface area contributed by atoms with Gasteiger partial charge in [0, 0.05) is 11.8 Å². The van der Waals surface area contributed by atoms with Crippen molar-refractivity contribution < 1.29 is 0 Å². The summed E-state index contributed by atoms with van der Waals surface area (Å²) in [5.74, 6) is 2.44. The third kappa shape index (κ3) is 4.80. The summed E-state index contributed by atoms with van der Waals surface area (Å²) in [6.45, 7) is 4.72. The van der Waals surface area contributed by atoms with Gasteiger partial charge in [0.25, 0.3) is 0 Å². The molecular weight excluding hydrogens is 504 g/mol. The topological polar surface area (TPSA) is 0 Å². The van der Waals surface area contributed by atoms with Crippen LogP contribution in [0.25, 0.3) is 34.4 Å². The number of hydrogen-bond acceptors (Lipinski definition) is 0. The van der Waals surface area contributed by atoms with Crippen LogP contribution >= 0.6 is 0 Å². The Bertz CT molecular complexity index is 1480. The number of benzene rings is 4. The summed E-state index contributed by atoms with van der Waals surface area (Å²) in [7, 11) is 0. The lowest BCUT2D eigenvalue weighted by Gasteiger charge is -2.42. The molecule has 0 radical (unpaired) electrons. The molecule has 7 rings (SSSR count). The summed E-state index contributed by atoms with van der Waals surface area (Å²) in [4.78, 5) is 0. The largest absolute Gasteiger partial charge is 0.0651 e. The Hall–Kier alpha value is -3.64. The molecule has 4 aromatic rings. The molecule has 0 amide bonds. The quantitative estimate of drug-likeness (QED) is 0.205. The number of rotatable bonds is 8. The van der Waals surface area contributed by atoms with Crippen molar-refractivity contribution in [3.8, 4) is 22.3 Å². The molecule has 212 valence electrons. The number of allylic oxidation sites excluding steroid dienone is 2. The number of hydrogen-bond donors (Lipinski definition) is 0. The third-order valence-electron chi connectivity index (χ3n) is 10.4. The van der Waals surface area contributed by atoms with Crippen LogP contribution in [0.2, 0.25) is 0 Å². The lowest BCUT2D eigenvalue weighted by atomic mass is 9.62. The Kier molecular flexibility index (Phi) is 7.72. The summed E-state index contributed by atoms with van der Waals surface area (Å²) in [5, 5.41) is 0. The molecule has 4 aromatic carbocycles. The van der Waals surface area contributed by atoms with Crippen molar-refractivity contribution in [3.63, 3.8) is 0 Å². The van der Waals surface area contributed by atoms with E-state index in [4.69, 9.17) is 0 Å². The molecule has 0 aliphatic heterocycles. The van der Waals surface area contributed by atoms with Gasteiger partial charge in [0.2, 0.25) is 0 Å². The van der Waals surface area contributed by atoms with E-state index in [0.29, 0.717) is 23.7 Å². The molecule has 0 saturated heterocycles. The maximum atomic E-state index is 2.61. The minimum absolute atomic E-state index is 0.540. The van der Waals surface area contributed by atoms with Gasteiger partial charge in [0.05, 0.1) is 0 Å². The van der Waals surface area contributed by atoms with Crippen LogP contribution in [0.5, 0.6) is 0 Å². The van der Waals surface area contributed by atoms with Gasteiger partial charge in [-0.3, -0.25) is 0 Å². The summed E-state index contributed by atoms with van der Waals surface area (Å²) >= 11 is 0. The molecule has 0 bridgehead atoms. The van der Waals surface area contributed by atoms with E-state index in [1.54, 1.807) is 22.3 Å². The van der Waals surface area contributed by atoms with Gasteiger partial charge in [0.15, 0.2) is 0 Å². The van der Waals surface area contributed by atoms with Crippen LogP contribution in [0.15, 0.2) is 108 Å². The van der Waals surface area contributed by atoms with Gasteiger partial charge in [-0.15, -0.1) is 0 Å². The Morgan fingerprint density at radius 2 is 0.929 bits per heavy atom. The minimum Gasteiger partial charge on any atom is -0.0651 e. The zero-order chi connectivity index (χ0) is 28.5. The molecule has 0 spiro atoms. The Morgan fingerprint density at radius 1 is 0.500 bits per heavy atom. The Balaban J connectivity index is 1.33. The van der Waals surface area contributed by atoms with E-state index >= 15 is 0 Å². The second kappa shape index (κ2) is 11.9. The molecule has 3 aliphatic carbocycles. The maximum Gasteiger partial charge on any atom is 0.00889 e. The van der Waals surface area contributed by atoms with E-state index in [1.165, 1.54) is 84.7 Å². The van der Waals surface area contributed by atoms with E-state index in [9.17, 15) is 0 Å². The van der Waals surface area contributed by atoms with Crippen molar-refractivity contribution in [2.24, 2.45) is 11.8 Å². The molecule has 42 heavy (non-hydrogen) atoms. The molecular formula is C42H44. The fourth-order valence-electron chi connectivity index (χ4n) is 8.78. The molecule has 3 aliphatic rings. The molecule has 0 N–H and O–H groups in total. The fraction of sp³-hybridized carbons (Fsp3) is 0.333.